The maximum absolute atomic E-state index is 10.3. The summed E-state index contributed by atoms with van der Waals surface area (Å²) in [6, 6.07) is 7.78. The molecule has 0 aliphatic carbocycles. The highest BCUT2D eigenvalue weighted by molar-refractivity contribution is 5.51. The number of fused-ring (bicyclic) bond motifs is 2. The van der Waals surface area contributed by atoms with Crippen molar-refractivity contribution in [3.63, 3.8) is 0 Å². The number of benzene rings is 2. The molecular weight excluding hydrogens is 346 g/mol. The highest BCUT2D eigenvalue weighted by Crippen LogP contribution is 2.37. The molecule has 2 aromatic carbocycles. The van der Waals surface area contributed by atoms with Gasteiger partial charge in [-0.3, -0.25) is 0 Å². The van der Waals surface area contributed by atoms with Gasteiger partial charge in [0.25, 0.3) is 0 Å². The van der Waals surface area contributed by atoms with E-state index in [1.165, 1.54) is 16.0 Å². The summed E-state index contributed by atoms with van der Waals surface area (Å²) >= 11 is 0. The zero-order chi connectivity index (χ0) is 18.8. The Balaban J connectivity index is 1.53. The lowest BCUT2D eigenvalue weighted by Crippen LogP contribution is -3.10. The Hall–Kier alpha value is -2.60. The summed E-state index contributed by atoms with van der Waals surface area (Å²) in [6.07, 6.45) is 0.975. The molecule has 0 saturated heterocycles. The van der Waals surface area contributed by atoms with E-state index in [9.17, 15) is 5.11 Å². The van der Waals surface area contributed by atoms with Crippen molar-refractivity contribution < 1.29 is 29.0 Å². The summed E-state index contributed by atoms with van der Waals surface area (Å²) in [7, 11) is 0. The summed E-state index contributed by atoms with van der Waals surface area (Å²) in [6.45, 7) is 8.04. The zero-order valence-corrected chi connectivity index (χ0v) is 15.8. The van der Waals surface area contributed by atoms with Gasteiger partial charge in [0.15, 0.2) is 23.0 Å². The average Bonchev–Trinajstić information content (AvgIpc) is 3.10. The lowest BCUT2D eigenvalue weighted by Gasteiger charge is -2.27. The summed E-state index contributed by atoms with van der Waals surface area (Å²) in [5.74, 6) is 3.22. The van der Waals surface area contributed by atoms with E-state index in [0.29, 0.717) is 24.7 Å². The maximum atomic E-state index is 10.3. The molecule has 2 aliphatic heterocycles. The average molecular weight is 372 g/mol. The second-order valence-electron chi connectivity index (χ2n) is 6.87. The Kier molecular flexibility index (Phi) is 4.99. The minimum absolute atomic E-state index is 0.213. The molecule has 0 aromatic heterocycles. The van der Waals surface area contributed by atoms with Gasteiger partial charge in [0.2, 0.25) is 6.79 Å². The molecule has 6 nitrogen and oxygen atoms in total. The second-order valence-corrected chi connectivity index (χ2v) is 6.87. The maximum Gasteiger partial charge on any atom is 0.231 e. The predicted octanol–water partition coefficient (Wildman–Crippen LogP) is 2.06. The summed E-state index contributed by atoms with van der Waals surface area (Å²) < 4.78 is 22.3. The molecule has 2 heterocycles. The number of aromatic hydroxyl groups is 1. The number of nitrogens with one attached hydrogen (secondary N) is 1. The Morgan fingerprint density at radius 1 is 0.963 bits per heavy atom. The van der Waals surface area contributed by atoms with Crippen molar-refractivity contribution in [3.8, 4) is 28.7 Å². The third-order valence-corrected chi connectivity index (χ3v) is 5.07. The first-order chi connectivity index (χ1) is 13.2. The minimum atomic E-state index is 0.213. The summed E-state index contributed by atoms with van der Waals surface area (Å²) in [5.41, 5.74) is 3.48. The number of hydrogen-bond donors (Lipinski definition) is 2. The van der Waals surface area contributed by atoms with Crippen LogP contribution in [0.1, 0.15) is 30.5 Å². The van der Waals surface area contributed by atoms with Crippen LogP contribution >= 0.6 is 0 Å². The van der Waals surface area contributed by atoms with Gasteiger partial charge in [-0.25, -0.2) is 0 Å². The summed E-state index contributed by atoms with van der Waals surface area (Å²) in [4.78, 5) is 1.39. The first kappa shape index (κ1) is 17.8. The molecule has 2 aromatic rings. The van der Waals surface area contributed by atoms with E-state index in [-0.39, 0.29) is 12.5 Å². The molecule has 4 rings (SSSR count). The molecule has 0 fully saturated rings. The van der Waals surface area contributed by atoms with Gasteiger partial charge in [0, 0.05) is 18.1 Å². The number of ether oxygens (including phenoxy) is 4. The molecule has 0 spiro atoms. The van der Waals surface area contributed by atoms with Crippen LogP contribution in [0.25, 0.3) is 0 Å². The van der Waals surface area contributed by atoms with Gasteiger partial charge in [-0.05, 0) is 37.6 Å². The number of rotatable bonds is 6. The minimum Gasteiger partial charge on any atom is -0.507 e. The Morgan fingerprint density at radius 3 is 2.33 bits per heavy atom. The van der Waals surface area contributed by atoms with E-state index >= 15 is 0 Å². The number of hydrogen-bond acceptors (Lipinski definition) is 5. The predicted molar refractivity (Wildman–Crippen MR) is 100.0 cm³/mol. The second kappa shape index (κ2) is 7.56. The highest BCUT2D eigenvalue weighted by Gasteiger charge is 2.25. The first-order valence-corrected chi connectivity index (χ1v) is 9.54. The summed E-state index contributed by atoms with van der Waals surface area (Å²) in [5, 5.41) is 10.3. The third-order valence-electron chi connectivity index (χ3n) is 5.07. The molecule has 0 amide bonds. The molecule has 1 atom stereocenters. The van der Waals surface area contributed by atoms with E-state index in [1.807, 2.05) is 19.9 Å². The van der Waals surface area contributed by atoms with Crippen LogP contribution in [0.2, 0.25) is 0 Å². The van der Waals surface area contributed by atoms with Crippen LogP contribution in [-0.2, 0) is 19.5 Å². The van der Waals surface area contributed by atoms with Crippen molar-refractivity contribution >= 4 is 0 Å². The lowest BCUT2D eigenvalue weighted by atomic mass is 9.98. The van der Waals surface area contributed by atoms with Crippen LogP contribution in [0.3, 0.4) is 0 Å². The quantitative estimate of drug-likeness (QED) is 0.813. The van der Waals surface area contributed by atoms with Crippen LogP contribution in [0.15, 0.2) is 24.3 Å². The van der Waals surface area contributed by atoms with Crippen LogP contribution in [-0.4, -0.2) is 31.7 Å². The fourth-order valence-corrected chi connectivity index (χ4v) is 3.78. The van der Waals surface area contributed by atoms with Crippen LogP contribution in [0.4, 0.5) is 0 Å². The Morgan fingerprint density at radius 2 is 1.63 bits per heavy atom. The molecular formula is C21H26NO5+. The molecule has 1 unspecified atom stereocenters. The topological polar surface area (TPSA) is 61.6 Å². The van der Waals surface area contributed by atoms with Gasteiger partial charge in [0.1, 0.15) is 18.8 Å². The van der Waals surface area contributed by atoms with E-state index in [1.54, 1.807) is 6.07 Å². The van der Waals surface area contributed by atoms with E-state index in [0.717, 1.165) is 43.1 Å². The SMILES string of the molecule is CCOc1cc2c(cc1OCC)C[NH+](Cc1cc3c(cc1O)OCO3)CC2. The van der Waals surface area contributed by atoms with Crippen molar-refractivity contribution in [3.05, 3.63) is 41.0 Å². The van der Waals surface area contributed by atoms with Crippen molar-refractivity contribution in [1.29, 1.82) is 0 Å². The normalized spacial score (nSPS) is 17.5. The van der Waals surface area contributed by atoms with Gasteiger partial charge in [-0.1, -0.05) is 0 Å². The molecule has 144 valence electrons. The fourth-order valence-electron chi connectivity index (χ4n) is 3.78. The fraction of sp³-hybridized carbons (Fsp3) is 0.429. The van der Waals surface area contributed by atoms with Crippen LogP contribution in [0.5, 0.6) is 28.7 Å². The molecule has 27 heavy (non-hydrogen) atoms. The van der Waals surface area contributed by atoms with E-state index in [4.69, 9.17) is 18.9 Å². The highest BCUT2D eigenvalue weighted by atomic mass is 16.7. The molecule has 6 heteroatoms. The van der Waals surface area contributed by atoms with E-state index < -0.39 is 0 Å². The molecule has 2 aliphatic rings. The van der Waals surface area contributed by atoms with Gasteiger partial charge in [-0.15, -0.1) is 0 Å². The van der Waals surface area contributed by atoms with Gasteiger partial charge >= 0.3 is 0 Å². The number of quaternary nitrogens is 1. The van der Waals surface area contributed by atoms with Crippen LogP contribution in [0, 0.1) is 0 Å². The molecule has 0 saturated carbocycles. The van der Waals surface area contributed by atoms with Crippen molar-refractivity contribution in [2.24, 2.45) is 0 Å². The number of phenolic OH excluding ortho intramolecular Hbond substituents is 1. The van der Waals surface area contributed by atoms with E-state index in [2.05, 4.69) is 12.1 Å². The van der Waals surface area contributed by atoms with Crippen molar-refractivity contribution in [2.75, 3.05) is 26.6 Å². The van der Waals surface area contributed by atoms with Crippen molar-refractivity contribution in [2.45, 2.75) is 33.4 Å². The molecule has 2 N–H and O–H groups in total. The van der Waals surface area contributed by atoms with Crippen molar-refractivity contribution in [1.82, 2.24) is 0 Å². The smallest absolute Gasteiger partial charge is 0.231 e. The van der Waals surface area contributed by atoms with Gasteiger partial charge < -0.3 is 29.0 Å². The first-order valence-electron chi connectivity index (χ1n) is 9.54. The standard InChI is InChI=1S/C21H25NO5/c1-3-24-18-7-14-5-6-22(11-15(14)8-19(18)25-4-2)12-16-9-20-21(10-17(16)23)27-13-26-20/h7-10,23H,3-6,11-13H2,1-2H3/p+1. The number of phenols is 1. The van der Waals surface area contributed by atoms with Crippen LogP contribution < -0.4 is 23.8 Å². The lowest BCUT2D eigenvalue weighted by molar-refractivity contribution is -0.929. The van der Waals surface area contributed by atoms with Gasteiger partial charge in [-0.2, -0.15) is 0 Å². The molecule has 0 bridgehead atoms. The monoisotopic (exact) mass is 372 g/mol. The third kappa shape index (κ3) is 3.62. The van der Waals surface area contributed by atoms with Gasteiger partial charge in [0.05, 0.1) is 25.3 Å². The molecule has 0 radical (unpaired) electrons. The Bertz CT molecular complexity index is 836. The zero-order valence-electron chi connectivity index (χ0n) is 15.8. The largest absolute Gasteiger partial charge is 0.507 e. The Labute approximate surface area is 159 Å².